The highest BCUT2D eigenvalue weighted by Crippen LogP contribution is 1.98. The minimum atomic E-state index is -3.33. The minimum Gasteiger partial charge on any atom is -0.378 e. The van der Waals surface area contributed by atoms with Crippen molar-refractivity contribution in [2.24, 2.45) is 0 Å². The summed E-state index contributed by atoms with van der Waals surface area (Å²) in [5.41, 5.74) is 0. The Balaban J connectivity index is 4.03. The van der Waals surface area contributed by atoms with E-state index in [9.17, 15) is 8.42 Å². The van der Waals surface area contributed by atoms with Crippen molar-refractivity contribution in [2.45, 2.75) is 20.0 Å². The van der Waals surface area contributed by atoms with E-state index in [1.54, 1.807) is 6.07 Å². The zero-order chi connectivity index (χ0) is 11.2. The summed E-state index contributed by atoms with van der Waals surface area (Å²) in [5.74, 6) is -0.0800. The van der Waals surface area contributed by atoms with E-state index in [-0.39, 0.29) is 25.0 Å². The molecule has 0 aliphatic rings. The Morgan fingerprint density at radius 3 is 2.50 bits per heavy atom. The summed E-state index contributed by atoms with van der Waals surface area (Å²) in [4.78, 5) is 0. The molecule has 0 fully saturated rings. The maximum atomic E-state index is 11.4. The first kappa shape index (κ1) is 13.4. The molecule has 0 bridgehead atoms. The quantitative estimate of drug-likeness (QED) is 0.599. The van der Waals surface area contributed by atoms with Crippen molar-refractivity contribution in [3.63, 3.8) is 0 Å². The molecular formula is C8H16N2O3S. The van der Waals surface area contributed by atoms with Crippen LogP contribution < -0.4 is 0 Å². The first-order valence-corrected chi connectivity index (χ1v) is 5.93. The molecule has 0 N–H and O–H groups in total. The van der Waals surface area contributed by atoms with Crippen molar-refractivity contribution in [2.75, 3.05) is 26.0 Å². The van der Waals surface area contributed by atoms with Crippen LogP contribution in [0.1, 0.15) is 13.8 Å². The van der Waals surface area contributed by atoms with Gasteiger partial charge in [0, 0.05) is 7.05 Å². The second-order valence-corrected chi connectivity index (χ2v) is 5.35. The van der Waals surface area contributed by atoms with Crippen LogP contribution in [0.15, 0.2) is 0 Å². The predicted molar refractivity (Wildman–Crippen MR) is 53.1 cm³/mol. The first-order valence-electron chi connectivity index (χ1n) is 4.32. The van der Waals surface area contributed by atoms with Crippen LogP contribution >= 0.6 is 0 Å². The highest BCUT2D eigenvalue weighted by atomic mass is 32.2. The molecule has 0 aromatic carbocycles. The Hall–Kier alpha value is -0.640. The van der Waals surface area contributed by atoms with Crippen molar-refractivity contribution in [3.8, 4) is 6.07 Å². The molecule has 82 valence electrons. The van der Waals surface area contributed by atoms with Gasteiger partial charge in [0.1, 0.15) is 6.54 Å². The third kappa shape index (κ3) is 5.17. The topological polar surface area (TPSA) is 70.4 Å². The van der Waals surface area contributed by atoms with E-state index in [1.807, 2.05) is 13.8 Å². The van der Waals surface area contributed by atoms with E-state index < -0.39 is 10.0 Å². The minimum absolute atomic E-state index is 0.0199. The maximum Gasteiger partial charge on any atom is 0.217 e. The van der Waals surface area contributed by atoms with Crippen LogP contribution in [-0.4, -0.2) is 44.8 Å². The van der Waals surface area contributed by atoms with E-state index in [4.69, 9.17) is 10.00 Å². The number of hydrogen-bond acceptors (Lipinski definition) is 4. The Labute approximate surface area is 85.3 Å². The van der Waals surface area contributed by atoms with Crippen LogP contribution in [0, 0.1) is 11.3 Å². The monoisotopic (exact) mass is 220 g/mol. The Kier molecular flexibility index (Phi) is 5.69. The van der Waals surface area contributed by atoms with Gasteiger partial charge in [0.05, 0.1) is 24.5 Å². The van der Waals surface area contributed by atoms with Gasteiger partial charge in [-0.2, -0.15) is 9.57 Å². The lowest BCUT2D eigenvalue weighted by atomic mass is 10.5. The number of rotatable bonds is 6. The largest absolute Gasteiger partial charge is 0.378 e. The molecule has 5 nitrogen and oxygen atoms in total. The number of nitrogens with zero attached hydrogens (tertiary/aromatic N) is 2. The molecular weight excluding hydrogens is 204 g/mol. The molecule has 0 aliphatic carbocycles. The summed E-state index contributed by atoms with van der Waals surface area (Å²) >= 11 is 0. The standard InChI is InChI=1S/C8H16N2O3S/c1-8(2)13-6-7-14(11,12)10(3)5-4-9/h8H,5-7H2,1-3H3. The summed E-state index contributed by atoms with van der Waals surface area (Å²) in [6, 6.07) is 1.78. The lowest BCUT2D eigenvalue weighted by molar-refractivity contribution is 0.0908. The highest BCUT2D eigenvalue weighted by Gasteiger charge is 2.16. The summed E-state index contributed by atoms with van der Waals surface area (Å²) < 4.78 is 28.9. The van der Waals surface area contributed by atoms with E-state index >= 15 is 0 Å². The van der Waals surface area contributed by atoms with Gasteiger partial charge in [-0.1, -0.05) is 0 Å². The molecule has 14 heavy (non-hydrogen) atoms. The lowest BCUT2D eigenvalue weighted by Crippen LogP contribution is -2.31. The summed E-state index contributed by atoms with van der Waals surface area (Å²) in [5, 5.41) is 8.33. The first-order chi connectivity index (χ1) is 6.40. The molecule has 0 aliphatic heterocycles. The predicted octanol–water partition coefficient (Wildman–Crippen LogP) is 0.197. The van der Waals surface area contributed by atoms with E-state index in [2.05, 4.69) is 0 Å². The Morgan fingerprint density at radius 2 is 2.07 bits per heavy atom. The fourth-order valence-corrected chi connectivity index (χ4v) is 1.62. The molecule has 0 saturated heterocycles. The molecule has 0 rings (SSSR count). The normalized spacial score (nSPS) is 12.0. The lowest BCUT2D eigenvalue weighted by Gasteiger charge is -2.14. The number of ether oxygens (including phenoxy) is 1. The van der Waals surface area contributed by atoms with E-state index in [0.29, 0.717) is 0 Å². The van der Waals surface area contributed by atoms with Crippen LogP contribution in [-0.2, 0) is 14.8 Å². The van der Waals surface area contributed by atoms with E-state index in [1.165, 1.54) is 7.05 Å². The SMILES string of the molecule is CC(C)OCCS(=O)(=O)N(C)CC#N. The van der Waals surface area contributed by atoms with Crippen molar-refractivity contribution in [1.82, 2.24) is 4.31 Å². The molecule has 0 aromatic rings. The van der Waals surface area contributed by atoms with Crippen LogP contribution in [0.3, 0.4) is 0 Å². The van der Waals surface area contributed by atoms with E-state index in [0.717, 1.165) is 4.31 Å². The molecule has 0 atom stereocenters. The van der Waals surface area contributed by atoms with Crippen molar-refractivity contribution >= 4 is 10.0 Å². The number of nitriles is 1. The molecule has 6 heteroatoms. The molecule has 0 heterocycles. The van der Waals surface area contributed by atoms with Crippen LogP contribution in [0.25, 0.3) is 0 Å². The molecule has 0 saturated carbocycles. The smallest absolute Gasteiger partial charge is 0.217 e. The summed E-state index contributed by atoms with van der Waals surface area (Å²) in [7, 11) is -1.95. The molecule has 0 radical (unpaired) electrons. The van der Waals surface area contributed by atoms with Gasteiger partial charge < -0.3 is 4.74 Å². The van der Waals surface area contributed by atoms with Gasteiger partial charge in [0.25, 0.3) is 0 Å². The zero-order valence-electron chi connectivity index (χ0n) is 8.73. The number of hydrogen-bond donors (Lipinski definition) is 0. The van der Waals surface area contributed by atoms with Gasteiger partial charge in [0.2, 0.25) is 10.0 Å². The molecule has 0 spiro atoms. The van der Waals surface area contributed by atoms with Gasteiger partial charge in [-0.25, -0.2) is 8.42 Å². The maximum absolute atomic E-state index is 11.4. The van der Waals surface area contributed by atoms with Gasteiger partial charge in [0.15, 0.2) is 0 Å². The molecule has 0 amide bonds. The second kappa shape index (κ2) is 5.96. The summed E-state index contributed by atoms with van der Waals surface area (Å²) in [6.45, 7) is 3.72. The summed E-state index contributed by atoms with van der Waals surface area (Å²) in [6.07, 6.45) is 0.0199. The van der Waals surface area contributed by atoms with Crippen LogP contribution in [0.2, 0.25) is 0 Å². The Bertz CT molecular complexity index is 292. The fraction of sp³-hybridized carbons (Fsp3) is 0.875. The van der Waals surface area contributed by atoms with Crippen LogP contribution in [0.4, 0.5) is 0 Å². The van der Waals surface area contributed by atoms with Gasteiger partial charge >= 0.3 is 0 Å². The Morgan fingerprint density at radius 1 is 1.50 bits per heavy atom. The van der Waals surface area contributed by atoms with Gasteiger partial charge in [-0.15, -0.1) is 0 Å². The second-order valence-electron chi connectivity index (χ2n) is 3.15. The zero-order valence-corrected chi connectivity index (χ0v) is 9.54. The third-order valence-electron chi connectivity index (χ3n) is 1.56. The molecule has 0 unspecified atom stereocenters. The fourth-order valence-electron chi connectivity index (χ4n) is 0.743. The van der Waals surface area contributed by atoms with Crippen LogP contribution in [0.5, 0.6) is 0 Å². The van der Waals surface area contributed by atoms with Crippen molar-refractivity contribution in [1.29, 1.82) is 5.26 Å². The molecule has 0 aromatic heterocycles. The van der Waals surface area contributed by atoms with Crippen molar-refractivity contribution in [3.05, 3.63) is 0 Å². The highest BCUT2D eigenvalue weighted by molar-refractivity contribution is 7.89. The average molecular weight is 220 g/mol. The van der Waals surface area contributed by atoms with Gasteiger partial charge in [-0.05, 0) is 13.8 Å². The third-order valence-corrected chi connectivity index (χ3v) is 3.32. The average Bonchev–Trinajstić information content (AvgIpc) is 2.03. The number of sulfonamides is 1. The van der Waals surface area contributed by atoms with Crippen molar-refractivity contribution < 1.29 is 13.2 Å². The van der Waals surface area contributed by atoms with Gasteiger partial charge in [-0.3, -0.25) is 0 Å².